The minimum absolute atomic E-state index is 0.00316. The van der Waals surface area contributed by atoms with Gasteiger partial charge in [-0.25, -0.2) is 9.79 Å². The number of rotatable bonds is 5. The topological polar surface area (TPSA) is 89.3 Å². The van der Waals surface area contributed by atoms with E-state index in [9.17, 15) is 9.59 Å². The second kappa shape index (κ2) is 9.72. The Hall–Kier alpha value is -3.98. The van der Waals surface area contributed by atoms with Crippen molar-refractivity contribution in [1.29, 1.82) is 0 Å². The van der Waals surface area contributed by atoms with Crippen LogP contribution in [0.25, 0.3) is 22.3 Å². The SMILES string of the molecule is COC(=O)N1CCC(CN2C(=O)C3(CCOC3)N=C2c2ccc(-c3ccc(-c4cnn(C)c4)cc3)cc2)C1. The first-order valence-corrected chi connectivity index (χ1v) is 13.0. The molecule has 1 spiro atoms. The minimum Gasteiger partial charge on any atom is -0.453 e. The maximum absolute atomic E-state index is 13.6. The minimum atomic E-state index is -0.837. The molecule has 0 saturated carbocycles. The van der Waals surface area contributed by atoms with E-state index >= 15 is 0 Å². The Morgan fingerprint density at radius 3 is 2.29 bits per heavy atom. The number of ether oxygens (including phenoxy) is 2. The van der Waals surface area contributed by atoms with E-state index in [0.29, 0.717) is 45.1 Å². The Kier molecular flexibility index (Phi) is 6.23. The molecule has 3 aliphatic heterocycles. The third kappa shape index (κ3) is 4.36. The number of methoxy groups -OCH3 is 1. The number of benzene rings is 2. The average Bonchev–Trinajstić information content (AvgIpc) is 3.75. The zero-order valence-corrected chi connectivity index (χ0v) is 21.7. The van der Waals surface area contributed by atoms with Gasteiger partial charge < -0.3 is 14.4 Å². The van der Waals surface area contributed by atoms with E-state index in [2.05, 4.69) is 41.5 Å². The van der Waals surface area contributed by atoms with Crippen molar-refractivity contribution in [1.82, 2.24) is 19.6 Å². The van der Waals surface area contributed by atoms with Crippen LogP contribution in [0.4, 0.5) is 4.79 Å². The highest BCUT2D eigenvalue weighted by molar-refractivity contribution is 6.15. The molecule has 0 aliphatic carbocycles. The third-order valence-corrected chi connectivity index (χ3v) is 7.78. The molecule has 6 rings (SSSR count). The molecular weight excluding hydrogens is 482 g/mol. The van der Waals surface area contributed by atoms with Crippen molar-refractivity contribution in [3.05, 3.63) is 66.5 Å². The first-order valence-electron chi connectivity index (χ1n) is 13.0. The number of likely N-dealkylation sites (tertiary alicyclic amines) is 1. The van der Waals surface area contributed by atoms with Crippen LogP contribution in [0, 0.1) is 5.92 Å². The van der Waals surface area contributed by atoms with Gasteiger partial charge in [0.25, 0.3) is 5.91 Å². The maximum Gasteiger partial charge on any atom is 0.409 e. The molecule has 2 aromatic carbocycles. The van der Waals surface area contributed by atoms with E-state index in [1.54, 1.807) is 9.58 Å². The van der Waals surface area contributed by atoms with Gasteiger partial charge in [-0.05, 0) is 29.0 Å². The summed E-state index contributed by atoms with van der Waals surface area (Å²) >= 11 is 0. The van der Waals surface area contributed by atoms with Crippen molar-refractivity contribution < 1.29 is 19.1 Å². The molecule has 1 aromatic heterocycles. The Bertz CT molecular complexity index is 1370. The Labute approximate surface area is 221 Å². The van der Waals surface area contributed by atoms with E-state index in [0.717, 1.165) is 34.2 Å². The predicted octanol–water partition coefficient (Wildman–Crippen LogP) is 3.59. The molecule has 196 valence electrons. The number of carbonyl (C=O) groups is 2. The summed E-state index contributed by atoms with van der Waals surface area (Å²) in [6, 6.07) is 16.6. The lowest BCUT2D eigenvalue weighted by atomic mass is 9.98. The van der Waals surface area contributed by atoms with Crippen LogP contribution in [0.5, 0.6) is 0 Å². The summed E-state index contributed by atoms with van der Waals surface area (Å²) in [6.45, 7) is 2.57. The lowest BCUT2D eigenvalue weighted by Crippen LogP contribution is -2.45. The summed E-state index contributed by atoms with van der Waals surface area (Å²) in [5, 5.41) is 4.25. The number of nitrogens with zero attached hydrogens (tertiary/aromatic N) is 5. The van der Waals surface area contributed by atoms with Gasteiger partial charge in [0, 0.05) is 57.0 Å². The van der Waals surface area contributed by atoms with Crippen molar-refractivity contribution >= 4 is 17.8 Å². The molecule has 0 bridgehead atoms. The van der Waals surface area contributed by atoms with Crippen molar-refractivity contribution in [3.8, 4) is 22.3 Å². The Balaban J connectivity index is 1.23. The molecule has 2 fully saturated rings. The number of carbonyl (C=O) groups excluding carboxylic acids is 2. The van der Waals surface area contributed by atoms with Crippen LogP contribution in [0.2, 0.25) is 0 Å². The fourth-order valence-corrected chi connectivity index (χ4v) is 5.63. The van der Waals surface area contributed by atoms with E-state index < -0.39 is 5.54 Å². The molecule has 2 saturated heterocycles. The molecule has 9 nitrogen and oxygen atoms in total. The van der Waals surface area contributed by atoms with Crippen molar-refractivity contribution in [2.45, 2.75) is 18.4 Å². The van der Waals surface area contributed by atoms with Gasteiger partial charge >= 0.3 is 6.09 Å². The fraction of sp³-hybridized carbons (Fsp3) is 0.379. The number of aliphatic imine (C=N–C) groups is 1. The number of hydrogen-bond donors (Lipinski definition) is 0. The molecule has 3 aromatic rings. The van der Waals surface area contributed by atoms with Gasteiger partial charge in [0.2, 0.25) is 0 Å². The molecule has 38 heavy (non-hydrogen) atoms. The van der Waals surface area contributed by atoms with Crippen LogP contribution >= 0.6 is 0 Å². The van der Waals surface area contributed by atoms with Crippen LogP contribution in [0.3, 0.4) is 0 Å². The molecule has 2 amide bonds. The third-order valence-electron chi connectivity index (χ3n) is 7.78. The monoisotopic (exact) mass is 513 g/mol. The summed E-state index contributed by atoms with van der Waals surface area (Å²) in [7, 11) is 3.31. The van der Waals surface area contributed by atoms with Crippen LogP contribution < -0.4 is 0 Å². The standard InChI is InChI=1S/C29H31N5O4/c1-32-18-25(15-30-32)23-5-3-21(4-6-23)22-7-9-24(10-8-22)26-31-29(12-14-38-19-29)27(35)34(26)17-20-11-13-33(16-20)28(36)37-2/h3-10,15,18,20H,11-14,16-17,19H2,1-2H3. The lowest BCUT2D eigenvalue weighted by Gasteiger charge is -2.25. The molecule has 4 heterocycles. The van der Waals surface area contributed by atoms with Gasteiger partial charge in [0.05, 0.1) is 19.9 Å². The molecule has 3 aliphatic rings. The number of amidine groups is 1. The molecule has 2 atom stereocenters. The summed E-state index contributed by atoms with van der Waals surface area (Å²) in [5.41, 5.74) is 4.47. The first kappa shape index (κ1) is 24.4. The van der Waals surface area contributed by atoms with E-state index in [1.807, 2.05) is 36.5 Å². The van der Waals surface area contributed by atoms with Crippen molar-refractivity contribution in [3.63, 3.8) is 0 Å². The molecule has 0 N–H and O–H groups in total. The number of amides is 2. The van der Waals surface area contributed by atoms with Gasteiger partial charge in [0.1, 0.15) is 5.84 Å². The van der Waals surface area contributed by atoms with Gasteiger partial charge in [0.15, 0.2) is 5.54 Å². The Morgan fingerprint density at radius 1 is 1.05 bits per heavy atom. The Morgan fingerprint density at radius 2 is 1.71 bits per heavy atom. The summed E-state index contributed by atoms with van der Waals surface area (Å²) < 4.78 is 12.3. The summed E-state index contributed by atoms with van der Waals surface area (Å²) in [6.07, 6.45) is 4.95. The van der Waals surface area contributed by atoms with E-state index in [1.165, 1.54) is 7.11 Å². The highest BCUT2D eigenvalue weighted by atomic mass is 16.5. The van der Waals surface area contributed by atoms with Crippen LogP contribution in [-0.2, 0) is 21.3 Å². The predicted molar refractivity (Wildman–Crippen MR) is 143 cm³/mol. The van der Waals surface area contributed by atoms with Crippen LogP contribution in [0.15, 0.2) is 65.9 Å². The summed E-state index contributed by atoms with van der Waals surface area (Å²) in [4.78, 5) is 34.1. The van der Waals surface area contributed by atoms with Crippen molar-refractivity contribution in [2.24, 2.45) is 18.0 Å². The second-order valence-electron chi connectivity index (χ2n) is 10.3. The maximum atomic E-state index is 13.6. The van der Waals surface area contributed by atoms with Crippen LogP contribution in [-0.4, -0.2) is 82.9 Å². The molecule has 2 unspecified atom stereocenters. The average molecular weight is 514 g/mol. The van der Waals surface area contributed by atoms with E-state index in [4.69, 9.17) is 14.5 Å². The van der Waals surface area contributed by atoms with Crippen LogP contribution in [0.1, 0.15) is 18.4 Å². The van der Waals surface area contributed by atoms with Gasteiger partial charge in [-0.3, -0.25) is 14.4 Å². The fourth-order valence-electron chi connectivity index (χ4n) is 5.63. The quantitative estimate of drug-likeness (QED) is 0.520. The van der Waals surface area contributed by atoms with Gasteiger partial charge in [-0.1, -0.05) is 48.5 Å². The number of aryl methyl sites for hydroxylation is 1. The first-order chi connectivity index (χ1) is 18.5. The zero-order chi connectivity index (χ0) is 26.3. The number of aromatic nitrogens is 2. The zero-order valence-electron chi connectivity index (χ0n) is 21.7. The molecular formula is C29H31N5O4. The van der Waals surface area contributed by atoms with Gasteiger partial charge in [-0.15, -0.1) is 0 Å². The van der Waals surface area contributed by atoms with Crippen molar-refractivity contribution in [2.75, 3.05) is 40.0 Å². The molecule has 0 radical (unpaired) electrons. The molecule has 9 heteroatoms. The second-order valence-corrected chi connectivity index (χ2v) is 10.3. The van der Waals surface area contributed by atoms with Gasteiger partial charge in [-0.2, -0.15) is 5.10 Å². The highest BCUT2D eigenvalue weighted by Crippen LogP contribution is 2.35. The van der Waals surface area contributed by atoms with E-state index in [-0.39, 0.29) is 17.9 Å². The largest absolute Gasteiger partial charge is 0.453 e. The number of hydrogen-bond acceptors (Lipinski definition) is 6. The lowest BCUT2D eigenvalue weighted by molar-refractivity contribution is -0.131. The summed E-state index contributed by atoms with van der Waals surface area (Å²) in [5.74, 6) is 0.852. The smallest absolute Gasteiger partial charge is 0.409 e. The highest BCUT2D eigenvalue weighted by Gasteiger charge is 2.51. The normalized spacial score (nSPS) is 22.9.